The van der Waals surface area contributed by atoms with Crippen LogP contribution < -0.4 is 10.0 Å². The minimum Gasteiger partial charge on any atom is -0.452 e. The van der Waals surface area contributed by atoms with Crippen molar-refractivity contribution < 1.29 is 22.7 Å². The molecule has 1 aromatic carbocycles. The molecule has 11 heteroatoms. The molecule has 0 radical (unpaired) electrons. The number of benzene rings is 1. The Labute approximate surface area is 170 Å². The molecule has 7 nitrogen and oxygen atoms in total. The van der Waals surface area contributed by atoms with Crippen molar-refractivity contribution in [1.29, 1.82) is 0 Å². The molecule has 2 aromatic rings. The third-order valence-corrected chi connectivity index (χ3v) is 6.48. The van der Waals surface area contributed by atoms with Crippen molar-refractivity contribution in [3.63, 3.8) is 0 Å². The molecule has 1 atom stereocenters. The molecule has 0 bridgehead atoms. The zero-order chi connectivity index (χ0) is 20.0. The molecule has 1 aromatic heterocycles. The second-order valence-electron chi connectivity index (χ2n) is 5.36. The van der Waals surface area contributed by atoms with E-state index in [1.165, 1.54) is 31.2 Å². The first-order valence-electron chi connectivity index (χ1n) is 7.67. The SMILES string of the molecule is C[C@@H](OC(=O)CCNS(=O)(=O)c1cccs1)C(=O)Nc1cc(Cl)cc(Cl)c1. The number of rotatable bonds is 8. The predicted molar refractivity (Wildman–Crippen MR) is 105 cm³/mol. The van der Waals surface area contributed by atoms with Crippen LogP contribution in [0.3, 0.4) is 0 Å². The zero-order valence-corrected chi connectivity index (χ0v) is 17.2. The van der Waals surface area contributed by atoms with Crippen molar-refractivity contribution in [1.82, 2.24) is 4.72 Å². The molecule has 0 unspecified atom stereocenters. The van der Waals surface area contributed by atoms with E-state index in [4.69, 9.17) is 27.9 Å². The molecule has 2 rings (SSSR count). The van der Waals surface area contributed by atoms with E-state index in [1.807, 2.05) is 0 Å². The van der Waals surface area contributed by atoms with Gasteiger partial charge in [0.15, 0.2) is 6.10 Å². The van der Waals surface area contributed by atoms with Crippen LogP contribution in [0.4, 0.5) is 5.69 Å². The summed E-state index contributed by atoms with van der Waals surface area (Å²) in [6.07, 6.45) is -1.30. The van der Waals surface area contributed by atoms with E-state index >= 15 is 0 Å². The van der Waals surface area contributed by atoms with Gasteiger partial charge in [0.1, 0.15) is 4.21 Å². The molecule has 146 valence electrons. The average Bonchev–Trinajstić information content (AvgIpc) is 3.08. The van der Waals surface area contributed by atoms with E-state index < -0.39 is 28.0 Å². The number of hydrogen-bond acceptors (Lipinski definition) is 6. The second-order valence-corrected chi connectivity index (χ2v) is 9.17. The van der Waals surface area contributed by atoms with E-state index in [0.29, 0.717) is 15.7 Å². The summed E-state index contributed by atoms with van der Waals surface area (Å²) in [5.74, 6) is -1.28. The predicted octanol–water partition coefficient (Wildman–Crippen LogP) is 3.29. The lowest BCUT2D eigenvalue weighted by atomic mass is 10.3. The normalized spacial score (nSPS) is 12.4. The van der Waals surface area contributed by atoms with Gasteiger partial charge in [-0.05, 0) is 36.6 Å². The third kappa shape index (κ3) is 6.78. The molecular formula is C16H16Cl2N2O5S2. The second kappa shape index (κ2) is 9.52. The van der Waals surface area contributed by atoms with Gasteiger partial charge in [-0.25, -0.2) is 13.1 Å². The molecular weight excluding hydrogens is 435 g/mol. The summed E-state index contributed by atoms with van der Waals surface area (Å²) >= 11 is 12.8. The van der Waals surface area contributed by atoms with Crippen molar-refractivity contribution in [2.75, 3.05) is 11.9 Å². The lowest BCUT2D eigenvalue weighted by molar-refractivity contribution is -0.152. The van der Waals surface area contributed by atoms with Gasteiger partial charge < -0.3 is 10.1 Å². The number of sulfonamides is 1. The van der Waals surface area contributed by atoms with Crippen LogP contribution in [-0.2, 0) is 24.3 Å². The molecule has 0 aliphatic rings. The molecule has 1 amide bonds. The van der Waals surface area contributed by atoms with E-state index in [0.717, 1.165) is 11.3 Å². The van der Waals surface area contributed by atoms with Crippen LogP contribution in [0.15, 0.2) is 39.9 Å². The number of carbonyl (C=O) groups excluding carboxylic acids is 2. The van der Waals surface area contributed by atoms with Gasteiger partial charge in [-0.2, -0.15) is 0 Å². The monoisotopic (exact) mass is 450 g/mol. The van der Waals surface area contributed by atoms with Crippen molar-refractivity contribution in [3.05, 3.63) is 45.8 Å². The number of ether oxygens (including phenoxy) is 1. The maximum atomic E-state index is 12.1. The number of amides is 1. The number of esters is 1. The van der Waals surface area contributed by atoms with Gasteiger partial charge in [0, 0.05) is 22.3 Å². The first kappa shape index (κ1) is 21.6. The Hall–Kier alpha value is -1.65. The maximum absolute atomic E-state index is 12.1. The van der Waals surface area contributed by atoms with Gasteiger partial charge in [-0.3, -0.25) is 9.59 Å². The van der Waals surface area contributed by atoms with E-state index in [9.17, 15) is 18.0 Å². The summed E-state index contributed by atoms with van der Waals surface area (Å²) < 4.78 is 31.3. The van der Waals surface area contributed by atoms with Crippen LogP contribution >= 0.6 is 34.5 Å². The topological polar surface area (TPSA) is 102 Å². The largest absolute Gasteiger partial charge is 0.452 e. The Kier molecular flexibility index (Phi) is 7.63. The summed E-state index contributed by atoms with van der Waals surface area (Å²) in [5, 5.41) is 4.86. The smallest absolute Gasteiger partial charge is 0.307 e. The van der Waals surface area contributed by atoms with Crippen LogP contribution in [0.5, 0.6) is 0 Å². The number of anilines is 1. The average molecular weight is 451 g/mol. The minimum atomic E-state index is -3.65. The van der Waals surface area contributed by atoms with Gasteiger partial charge in [-0.1, -0.05) is 29.3 Å². The van der Waals surface area contributed by atoms with Gasteiger partial charge in [0.2, 0.25) is 10.0 Å². The van der Waals surface area contributed by atoms with Crippen molar-refractivity contribution in [3.8, 4) is 0 Å². The quantitative estimate of drug-likeness (QED) is 0.600. The molecule has 2 N–H and O–H groups in total. The van der Waals surface area contributed by atoms with Crippen LogP contribution in [0.2, 0.25) is 10.0 Å². The summed E-state index contributed by atoms with van der Waals surface area (Å²) in [6.45, 7) is 1.26. The summed E-state index contributed by atoms with van der Waals surface area (Å²) in [4.78, 5) is 23.9. The summed E-state index contributed by atoms with van der Waals surface area (Å²) in [6, 6.07) is 7.58. The molecule has 27 heavy (non-hydrogen) atoms. The number of halogens is 2. The first-order valence-corrected chi connectivity index (χ1v) is 10.8. The van der Waals surface area contributed by atoms with Crippen LogP contribution in [-0.4, -0.2) is 32.9 Å². The lowest BCUT2D eigenvalue weighted by Crippen LogP contribution is -2.32. The highest BCUT2D eigenvalue weighted by molar-refractivity contribution is 7.91. The molecule has 0 aliphatic carbocycles. The molecule has 0 saturated heterocycles. The number of thiophene rings is 1. The first-order chi connectivity index (χ1) is 12.7. The third-order valence-electron chi connectivity index (χ3n) is 3.19. The maximum Gasteiger partial charge on any atom is 0.307 e. The fourth-order valence-electron chi connectivity index (χ4n) is 1.95. The van der Waals surface area contributed by atoms with Gasteiger partial charge >= 0.3 is 5.97 Å². The number of carbonyl (C=O) groups is 2. The standard InChI is InChI=1S/C16H16Cl2N2O5S2/c1-10(16(22)20-13-8-11(17)7-12(18)9-13)25-14(21)4-5-19-27(23,24)15-3-2-6-26-15/h2-3,6-10,19H,4-5H2,1H3,(H,20,22)/t10-/m1/s1. The molecule has 0 saturated carbocycles. The Morgan fingerprint density at radius 2 is 1.89 bits per heavy atom. The van der Waals surface area contributed by atoms with E-state index in [2.05, 4.69) is 10.0 Å². The van der Waals surface area contributed by atoms with Crippen molar-refractivity contribution in [2.24, 2.45) is 0 Å². The fourth-order valence-corrected chi connectivity index (χ4v) is 4.55. The highest BCUT2D eigenvalue weighted by Gasteiger charge is 2.19. The minimum absolute atomic E-state index is 0.142. The number of nitrogens with one attached hydrogen (secondary N) is 2. The molecule has 0 fully saturated rings. The van der Waals surface area contributed by atoms with Crippen LogP contribution in [0.25, 0.3) is 0 Å². The molecule has 0 aliphatic heterocycles. The molecule has 0 spiro atoms. The van der Waals surface area contributed by atoms with Crippen molar-refractivity contribution in [2.45, 2.75) is 23.7 Å². The van der Waals surface area contributed by atoms with Crippen LogP contribution in [0.1, 0.15) is 13.3 Å². The Bertz CT molecular complexity index is 897. The Morgan fingerprint density at radius 3 is 2.48 bits per heavy atom. The van der Waals surface area contributed by atoms with Gasteiger partial charge in [0.05, 0.1) is 6.42 Å². The lowest BCUT2D eigenvalue weighted by Gasteiger charge is -2.14. The van der Waals surface area contributed by atoms with E-state index in [-0.39, 0.29) is 17.2 Å². The summed E-state index contributed by atoms with van der Waals surface area (Å²) in [5.41, 5.74) is 0.365. The highest BCUT2D eigenvalue weighted by atomic mass is 35.5. The van der Waals surface area contributed by atoms with Crippen molar-refractivity contribution >= 4 is 62.1 Å². The summed E-state index contributed by atoms with van der Waals surface area (Å²) in [7, 11) is -3.65. The Balaban J connectivity index is 1.80. The van der Waals surface area contributed by atoms with Gasteiger partial charge in [0.25, 0.3) is 5.91 Å². The van der Waals surface area contributed by atoms with Crippen LogP contribution in [0, 0.1) is 0 Å². The Morgan fingerprint density at radius 1 is 1.22 bits per heavy atom. The van der Waals surface area contributed by atoms with Gasteiger partial charge in [-0.15, -0.1) is 11.3 Å². The highest BCUT2D eigenvalue weighted by Crippen LogP contribution is 2.22. The zero-order valence-electron chi connectivity index (χ0n) is 14.1. The van der Waals surface area contributed by atoms with E-state index in [1.54, 1.807) is 11.4 Å². The molecule has 1 heterocycles. The fraction of sp³-hybridized carbons (Fsp3) is 0.250. The number of hydrogen-bond donors (Lipinski definition) is 2.